The van der Waals surface area contributed by atoms with E-state index in [1.54, 1.807) is 4.90 Å². The SMILES string of the molecule is NC(=NO)C(CN1CCCCC1)C(F)(F)F. The average molecular weight is 239 g/mol. The van der Waals surface area contributed by atoms with Crippen molar-refractivity contribution in [2.45, 2.75) is 25.4 Å². The Balaban J connectivity index is 2.63. The lowest BCUT2D eigenvalue weighted by atomic mass is 10.0. The molecule has 0 aromatic carbocycles. The van der Waals surface area contributed by atoms with Crippen molar-refractivity contribution in [3.8, 4) is 0 Å². The van der Waals surface area contributed by atoms with Crippen LogP contribution in [0.3, 0.4) is 0 Å². The molecule has 3 N–H and O–H groups in total. The number of rotatable bonds is 3. The molecule has 0 aromatic heterocycles. The van der Waals surface area contributed by atoms with E-state index < -0.39 is 17.9 Å². The van der Waals surface area contributed by atoms with E-state index in [9.17, 15) is 13.2 Å². The zero-order valence-corrected chi connectivity index (χ0v) is 8.87. The number of oxime groups is 1. The number of piperidine rings is 1. The molecule has 0 aromatic rings. The van der Waals surface area contributed by atoms with Crippen molar-refractivity contribution in [2.24, 2.45) is 16.8 Å². The summed E-state index contributed by atoms with van der Waals surface area (Å²) in [6.45, 7) is 1.07. The van der Waals surface area contributed by atoms with Crippen LogP contribution in [0, 0.1) is 5.92 Å². The van der Waals surface area contributed by atoms with E-state index in [0.717, 1.165) is 19.3 Å². The van der Waals surface area contributed by atoms with E-state index in [4.69, 9.17) is 10.9 Å². The predicted octanol–water partition coefficient (Wildman–Crippen LogP) is 1.40. The first-order valence-corrected chi connectivity index (χ1v) is 5.21. The van der Waals surface area contributed by atoms with Crippen LogP contribution in [0.25, 0.3) is 0 Å². The van der Waals surface area contributed by atoms with Gasteiger partial charge in [-0.2, -0.15) is 13.2 Å². The van der Waals surface area contributed by atoms with Gasteiger partial charge < -0.3 is 15.8 Å². The Morgan fingerprint density at radius 2 is 1.88 bits per heavy atom. The fourth-order valence-corrected chi connectivity index (χ4v) is 1.83. The van der Waals surface area contributed by atoms with Crippen molar-refractivity contribution in [3.05, 3.63) is 0 Å². The molecule has 1 aliphatic rings. The van der Waals surface area contributed by atoms with Crippen LogP contribution in [-0.2, 0) is 0 Å². The highest BCUT2D eigenvalue weighted by Gasteiger charge is 2.43. The second-order valence-corrected chi connectivity index (χ2v) is 3.98. The van der Waals surface area contributed by atoms with Gasteiger partial charge in [0.1, 0.15) is 5.92 Å². The highest BCUT2D eigenvalue weighted by molar-refractivity contribution is 5.83. The van der Waals surface area contributed by atoms with Gasteiger partial charge in [0.05, 0.1) is 0 Å². The Labute approximate surface area is 91.9 Å². The molecule has 0 aliphatic carbocycles. The molecule has 1 fully saturated rings. The summed E-state index contributed by atoms with van der Waals surface area (Å²) in [5.74, 6) is -2.64. The largest absolute Gasteiger partial charge is 0.409 e. The second kappa shape index (κ2) is 5.38. The number of hydrogen-bond acceptors (Lipinski definition) is 3. The van der Waals surface area contributed by atoms with Gasteiger partial charge in [0.15, 0.2) is 5.84 Å². The van der Waals surface area contributed by atoms with Gasteiger partial charge in [0.2, 0.25) is 0 Å². The van der Waals surface area contributed by atoms with Crippen LogP contribution >= 0.6 is 0 Å². The van der Waals surface area contributed by atoms with Crippen LogP contribution < -0.4 is 5.73 Å². The van der Waals surface area contributed by atoms with Gasteiger partial charge >= 0.3 is 6.18 Å². The minimum atomic E-state index is -4.46. The summed E-state index contributed by atoms with van der Waals surface area (Å²) in [7, 11) is 0. The molecule has 7 heteroatoms. The fourth-order valence-electron chi connectivity index (χ4n) is 1.83. The monoisotopic (exact) mass is 239 g/mol. The van der Waals surface area contributed by atoms with Crippen LogP contribution in [0.5, 0.6) is 0 Å². The summed E-state index contributed by atoms with van der Waals surface area (Å²) in [5, 5.41) is 10.8. The summed E-state index contributed by atoms with van der Waals surface area (Å²) >= 11 is 0. The summed E-state index contributed by atoms with van der Waals surface area (Å²) in [4.78, 5) is 1.71. The van der Waals surface area contributed by atoms with Crippen LogP contribution in [0.4, 0.5) is 13.2 Å². The molecule has 1 aliphatic heterocycles. The van der Waals surface area contributed by atoms with E-state index in [0.29, 0.717) is 13.1 Å². The van der Waals surface area contributed by atoms with E-state index in [2.05, 4.69) is 5.16 Å². The molecule has 0 radical (unpaired) electrons. The third-order valence-electron chi connectivity index (χ3n) is 2.76. The number of nitrogens with two attached hydrogens (primary N) is 1. The first-order chi connectivity index (χ1) is 7.45. The third kappa shape index (κ3) is 3.55. The molecule has 1 saturated heterocycles. The van der Waals surface area contributed by atoms with Crippen LogP contribution in [0.1, 0.15) is 19.3 Å². The van der Waals surface area contributed by atoms with Crippen molar-refractivity contribution in [3.63, 3.8) is 0 Å². The first-order valence-electron chi connectivity index (χ1n) is 5.21. The Hall–Kier alpha value is -0.980. The highest BCUT2D eigenvalue weighted by Crippen LogP contribution is 2.28. The summed E-state index contributed by atoms with van der Waals surface area (Å²) in [6.07, 6.45) is -1.61. The van der Waals surface area contributed by atoms with Crippen LogP contribution in [0.15, 0.2) is 5.16 Å². The maximum atomic E-state index is 12.6. The molecule has 0 amide bonds. The second-order valence-electron chi connectivity index (χ2n) is 3.98. The lowest BCUT2D eigenvalue weighted by Gasteiger charge is -2.30. The van der Waals surface area contributed by atoms with E-state index in [-0.39, 0.29) is 6.54 Å². The fraction of sp³-hybridized carbons (Fsp3) is 0.889. The number of alkyl halides is 3. The smallest absolute Gasteiger partial charge is 0.400 e. The molecule has 1 heterocycles. The molecule has 1 rings (SSSR count). The molecule has 0 bridgehead atoms. The van der Waals surface area contributed by atoms with Crippen LogP contribution in [-0.4, -0.2) is 41.8 Å². The molecule has 94 valence electrons. The lowest BCUT2D eigenvalue weighted by molar-refractivity contribution is -0.160. The molecule has 0 spiro atoms. The van der Waals surface area contributed by atoms with Crippen molar-refractivity contribution < 1.29 is 18.4 Å². The maximum Gasteiger partial charge on any atom is 0.400 e. The van der Waals surface area contributed by atoms with Crippen molar-refractivity contribution in [1.29, 1.82) is 0 Å². The summed E-state index contributed by atoms with van der Waals surface area (Å²) in [5.41, 5.74) is 5.07. The molecular weight excluding hydrogens is 223 g/mol. The van der Waals surface area contributed by atoms with Crippen molar-refractivity contribution >= 4 is 5.84 Å². The quantitative estimate of drug-likeness (QED) is 0.338. The minimum absolute atomic E-state index is 0.223. The molecule has 16 heavy (non-hydrogen) atoms. The van der Waals surface area contributed by atoms with E-state index in [1.807, 2.05) is 0 Å². The third-order valence-corrected chi connectivity index (χ3v) is 2.76. The molecular formula is C9H16F3N3O. The number of amidine groups is 1. The van der Waals surface area contributed by atoms with Crippen molar-refractivity contribution in [1.82, 2.24) is 4.90 Å². The molecule has 1 atom stereocenters. The minimum Gasteiger partial charge on any atom is -0.409 e. The van der Waals surface area contributed by atoms with E-state index in [1.165, 1.54) is 0 Å². The number of hydrogen-bond donors (Lipinski definition) is 2. The first kappa shape index (κ1) is 13.1. The Morgan fingerprint density at radius 3 is 2.31 bits per heavy atom. The standard InChI is InChI=1S/C9H16F3N3O/c10-9(11,12)7(8(13)14-16)6-15-4-2-1-3-5-15/h7,16H,1-6H2,(H2,13,14). The molecule has 4 nitrogen and oxygen atoms in total. The van der Waals surface area contributed by atoms with Gasteiger partial charge in [0.25, 0.3) is 0 Å². The number of likely N-dealkylation sites (tertiary alicyclic amines) is 1. The maximum absolute atomic E-state index is 12.6. The zero-order chi connectivity index (χ0) is 12.2. The number of nitrogens with zero attached hydrogens (tertiary/aromatic N) is 2. The van der Waals surface area contributed by atoms with Crippen LogP contribution in [0.2, 0.25) is 0 Å². The Bertz CT molecular complexity index is 249. The van der Waals surface area contributed by atoms with Gasteiger partial charge in [-0.1, -0.05) is 11.6 Å². The highest BCUT2D eigenvalue weighted by atomic mass is 19.4. The van der Waals surface area contributed by atoms with Crippen molar-refractivity contribution in [2.75, 3.05) is 19.6 Å². The van der Waals surface area contributed by atoms with Gasteiger partial charge in [-0.3, -0.25) is 0 Å². The van der Waals surface area contributed by atoms with Gasteiger partial charge in [-0.05, 0) is 25.9 Å². The summed E-state index contributed by atoms with van der Waals surface area (Å²) < 4.78 is 37.8. The average Bonchev–Trinajstić information content (AvgIpc) is 2.25. The van der Waals surface area contributed by atoms with Gasteiger partial charge in [0, 0.05) is 6.54 Å². The molecule has 1 unspecified atom stereocenters. The normalized spacial score (nSPS) is 22.1. The Kier molecular flexibility index (Phi) is 4.40. The lowest BCUT2D eigenvalue weighted by Crippen LogP contribution is -2.45. The predicted molar refractivity (Wildman–Crippen MR) is 53.2 cm³/mol. The zero-order valence-electron chi connectivity index (χ0n) is 8.87. The molecule has 0 saturated carbocycles. The van der Waals surface area contributed by atoms with Gasteiger partial charge in [-0.15, -0.1) is 0 Å². The summed E-state index contributed by atoms with van der Waals surface area (Å²) in [6, 6.07) is 0. The Morgan fingerprint density at radius 1 is 1.31 bits per heavy atom. The van der Waals surface area contributed by atoms with E-state index >= 15 is 0 Å². The number of halogens is 3. The van der Waals surface area contributed by atoms with Gasteiger partial charge in [-0.25, -0.2) is 0 Å². The topological polar surface area (TPSA) is 61.9 Å².